The standard InChI is InChI=1S/C42H50FN3O3/c1-7-19-45(20-18-27(2)3)25-28(4)26-46-30(6)29(5)37-22-32(10-17-38(37)46)21-31-8-11-34(12-9-31)42(49)44-36-23-39(47)41(40(48)24-36)33-13-15-35(43)16-14-33/h8-17,22-24,27-28,47-48H,7,18-21,25-26H2,1-6H3,(H,44,49). The number of anilines is 1. The number of amides is 1. The van der Waals surface area contributed by atoms with E-state index in [0.717, 1.165) is 44.1 Å². The summed E-state index contributed by atoms with van der Waals surface area (Å²) in [5, 5.41) is 25.2. The zero-order valence-electron chi connectivity index (χ0n) is 29.7. The number of aromatic nitrogens is 1. The molecule has 0 aliphatic rings. The summed E-state index contributed by atoms with van der Waals surface area (Å²) >= 11 is 0. The van der Waals surface area contributed by atoms with Gasteiger partial charge in [-0.1, -0.05) is 58.0 Å². The van der Waals surface area contributed by atoms with Gasteiger partial charge >= 0.3 is 0 Å². The molecule has 0 saturated carbocycles. The first-order valence-corrected chi connectivity index (χ1v) is 17.5. The Hall–Kier alpha value is -4.62. The van der Waals surface area contributed by atoms with Crippen LogP contribution in [0.5, 0.6) is 11.5 Å². The third-order valence-corrected chi connectivity index (χ3v) is 9.44. The van der Waals surface area contributed by atoms with E-state index in [-0.39, 0.29) is 28.7 Å². The largest absolute Gasteiger partial charge is 0.507 e. The molecule has 7 heteroatoms. The van der Waals surface area contributed by atoms with Crippen LogP contribution in [0.4, 0.5) is 10.1 Å². The van der Waals surface area contributed by atoms with Crippen LogP contribution in [-0.4, -0.2) is 45.2 Å². The van der Waals surface area contributed by atoms with Crippen LogP contribution in [-0.2, 0) is 13.0 Å². The van der Waals surface area contributed by atoms with Gasteiger partial charge in [0.05, 0.1) is 5.56 Å². The molecule has 0 bridgehead atoms. The van der Waals surface area contributed by atoms with Crippen LogP contribution in [0, 0.1) is 31.5 Å². The number of carbonyl (C=O) groups excluding carboxylic acids is 1. The second-order valence-corrected chi connectivity index (χ2v) is 14.0. The van der Waals surface area contributed by atoms with Crippen molar-refractivity contribution < 1.29 is 19.4 Å². The number of nitrogens with one attached hydrogen (secondary N) is 1. The average molecular weight is 664 g/mol. The maximum atomic E-state index is 13.3. The molecular weight excluding hydrogens is 613 g/mol. The molecule has 0 saturated heterocycles. The lowest BCUT2D eigenvalue weighted by Crippen LogP contribution is -2.32. The summed E-state index contributed by atoms with van der Waals surface area (Å²) in [7, 11) is 0. The molecule has 0 radical (unpaired) electrons. The minimum atomic E-state index is -0.415. The van der Waals surface area contributed by atoms with Crippen LogP contribution in [0.3, 0.4) is 0 Å². The van der Waals surface area contributed by atoms with Gasteiger partial charge in [-0.2, -0.15) is 0 Å². The fraction of sp³-hybridized carbons (Fsp3) is 0.357. The first-order valence-electron chi connectivity index (χ1n) is 17.5. The summed E-state index contributed by atoms with van der Waals surface area (Å²) in [5.41, 5.74) is 7.58. The number of aromatic hydroxyl groups is 2. The number of rotatable bonds is 14. The summed E-state index contributed by atoms with van der Waals surface area (Å²) in [6, 6.07) is 22.4. The van der Waals surface area contributed by atoms with Gasteiger partial charge in [0.15, 0.2) is 0 Å². The Morgan fingerprint density at radius 3 is 2.16 bits per heavy atom. The van der Waals surface area contributed by atoms with Gasteiger partial charge in [-0.3, -0.25) is 4.79 Å². The summed E-state index contributed by atoms with van der Waals surface area (Å²) in [5.74, 6) is 0.0417. The maximum Gasteiger partial charge on any atom is 0.255 e. The van der Waals surface area contributed by atoms with E-state index in [9.17, 15) is 19.4 Å². The highest BCUT2D eigenvalue weighted by Gasteiger charge is 2.18. The molecule has 0 aliphatic heterocycles. The molecule has 258 valence electrons. The maximum absolute atomic E-state index is 13.3. The highest BCUT2D eigenvalue weighted by molar-refractivity contribution is 6.04. The summed E-state index contributed by atoms with van der Waals surface area (Å²) < 4.78 is 15.8. The fourth-order valence-electron chi connectivity index (χ4n) is 6.71. The Kier molecular flexibility index (Phi) is 11.5. The highest BCUT2D eigenvalue weighted by atomic mass is 19.1. The number of phenols is 2. The van der Waals surface area contributed by atoms with E-state index in [1.165, 1.54) is 77.0 Å². The van der Waals surface area contributed by atoms with E-state index in [2.05, 4.69) is 74.5 Å². The van der Waals surface area contributed by atoms with E-state index in [4.69, 9.17) is 0 Å². The monoisotopic (exact) mass is 663 g/mol. The van der Waals surface area contributed by atoms with Crippen LogP contribution >= 0.6 is 0 Å². The number of hydrogen-bond donors (Lipinski definition) is 3. The molecule has 1 heterocycles. The quantitative estimate of drug-likeness (QED) is 0.111. The van der Waals surface area contributed by atoms with E-state index in [0.29, 0.717) is 17.0 Å². The minimum absolute atomic E-state index is 0.170. The zero-order valence-corrected chi connectivity index (χ0v) is 29.7. The number of halogens is 1. The number of phenolic OH excluding ortho intramolecular Hbond substituents is 2. The second kappa shape index (κ2) is 15.7. The molecule has 5 rings (SSSR count). The lowest BCUT2D eigenvalue weighted by Gasteiger charge is -2.27. The Morgan fingerprint density at radius 2 is 1.53 bits per heavy atom. The Morgan fingerprint density at radius 1 is 0.878 bits per heavy atom. The molecule has 0 aliphatic carbocycles. The van der Waals surface area contributed by atoms with Crippen molar-refractivity contribution in [2.75, 3.05) is 25.0 Å². The van der Waals surface area contributed by atoms with Crippen LogP contribution in [0.25, 0.3) is 22.0 Å². The van der Waals surface area contributed by atoms with E-state index in [1.807, 2.05) is 12.1 Å². The minimum Gasteiger partial charge on any atom is -0.507 e. The van der Waals surface area contributed by atoms with Gasteiger partial charge in [0.2, 0.25) is 0 Å². The van der Waals surface area contributed by atoms with Gasteiger partial charge in [-0.15, -0.1) is 0 Å². The fourth-order valence-corrected chi connectivity index (χ4v) is 6.71. The SMILES string of the molecule is CCCN(CCC(C)C)CC(C)Cn1c(C)c(C)c2cc(Cc3ccc(C(=O)Nc4cc(O)c(-c5ccc(F)cc5)c(O)c4)cc3)ccc21. The first-order chi connectivity index (χ1) is 23.4. The Labute approximate surface area is 290 Å². The van der Waals surface area contributed by atoms with Crippen LogP contribution in [0.1, 0.15) is 73.3 Å². The molecule has 1 atom stereocenters. The Balaban J connectivity index is 1.24. The van der Waals surface area contributed by atoms with Crippen LogP contribution in [0.2, 0.25) is 0 Å². The van der Waals surface area contributed by atoms with Gasteiger partial charge in [-0.25, -0.2) is 4.39 Å². The van der Waals surface area contributed by atoms with Crippen molar-refractivity contribution in [3.8, 4) is 22.6 Å². The van der Waals surface area contributed by atoms with E-state index in [1.54, 1.807) is 12.1 Å². The topological polar surface area (TPSA) is 77.7 Å². The summed E-state index contributed by atoms with van der Waals surface area (Å²) in [4.78, 5) is 15.7. The van der Waals surface area contributed by atoms with Crippen molar-refractivity contribution in [3.63, 3.8) is 0 Å². The van der Waals surface area contributed by atoms with Crippen molar-refractivity contribution in [3.05, 3.63) is 113 Å². The second-order valence-electron chi connectivity index (χ2n) is 14.0. The van der Waals surface area contributed by atoms with E-state index < -0.39 is 5.82 Å². The number of benzene rings is 4. The van der Waals surface area contributed by atoms with Gasteiger partial charge in [0.25, 0.3) is 5.91 Å². The predicted octanol–water partition coefficient (Wildman–Crippen LogP) is 9.71. The first kappa shape index (κ1) is 35.7. The normalized spacial score (nSPS) is 12.3. The van der Waals surface area contributed by atoms with Crippen LogP contribution < -0.4 is 5.32 Å². The zero-order chi connectivity index (χ0) is 35.2. The molecule has 4 aromatic carbocycles. The third-order valence-electron chi connectivity index (χ3n) is 9.44. The highest BCUT2D eigenvalue weighted by Crippen LogP contribution is 2.40. The number of hydrogen-bond acceptors (Lipinski definition) is 4. The number of fused-ring (bicyclic) bond motifs is 1. The molecule has 1 amide bonds. The number of nitrogens with zero attached hydrogens (tertiary/aromatic N) is 2. The molecule has 3 N–H and O–H groups in total. The Bertz CT molecular complexity index is 1870. The number of carbonyl (C=O) groups is 1. The lowest BCUT2D eigenvalue weighted by molar-refractivity contribution is 0.102. The van der Waals surface area contributed by atoms with Gasteiger partial charge in [0.1, 0.15) is 17.3 Å². The smallest absolute Gasteiger partial charge is 0.255 e. The molecule has 5 aromatic rings. The summed E-state index contributed by atoms with van der Waals surface area (Å²) in [6.07, 6.45) is 3.16. The summed E-state index contributed by atoms with van der Waals surface area (Å²) in [6.45, 7) is 18.1. The molecule has 0 fully saturated rings. The van der Waals surface area contributed by atoms with Gasteiger partial charge in [-0.05, 0) is 117 Å². The van der Waals surface area contributed by atoms with Crippen LogP contribution in [0.15, 0.2) is 78.9 Å². The molecule has 49 heavy (non-hydrogen) atoms. The van der Waals surface area contributed by atoms with E-state index >= 15 is 0 Å². The number of aryl methyl sites for hydroxylation is 1. The van der Waals surface area contributed by atoms with Gasteiger partial charge in [0, 0.05) is 53.1 Å². The molecule has 1 unspecified atom stereocenters. The van der Waals surface area contributed by atoms with Crippen molar-refractivity contribution in [2.24, 2.45) is 11.8 Å². The van der Waals surface area contributed by atoms with Crippen molar-refractivity contribution in [2.45, 2.75) is 67.3 Å². The van der Waals surface area contributed by atoms with Crippen molar-refractivity contribution in [1.29, 1.82) is 0 Å². The molecule has 0 spiro atoms. The molecule has 6 nitrogen and oxygen atoms in total. The molecular formula is C42H50FN3O3. The van der Waals surface area contributed by atoms with Gasteiger partial charge < -0.3 is 25.0 Å². The van der Waals surface area contributed by atoms with Crippen molar-refractivity contribution in [1.82, 2.24) is 9.47 Å². The molecule has 1 aromatic heterocycles. The van der Waals surface area contributed by atoms with Crippen molar-refractivity contribution >= 4 is 22.5 Å². The third kappa shape index (κ3) is 8.70. The average Bonchev–Trinajstić information content (AvgIpc) is 3.28. The predicted molar refractivity (Wildman–Crippen MR) is 199 cm³/mol. The lowest BCUT2D eigenvalue weighted by atomic mass is 10.0.